The number of methoxy groups -OCH3 is 3. The van der Waals surface area contributed by atoms with Gasteiger partial charge >= 0.3 is 0 Å². The fourth-order valence-electron chi connectivity index (χ4n) is 3.59. The maximum atomic E-state index is 5.49. The van der Waals surface area contributed by atoms with Crippen LogP contribution >= 0.6 is 0 Å². The molecule has 0 spiro atoms. The first kappa shape index (κ1) is 20.5. The number of rotatable bonds is 7. The summed E-state index contributed by atoms with van der Waals surface area (Å²) in [5.74, 6) is 3.61. The Morgan fingerprint density at radius 2 is 1.61 bits per heavy atom. The SMILES string of the molecule is CCc1c(C)nc2nc(-c3ccccc3)nn2c1Nc1cc(OC)c(OC)c(OC)c1. The molecule has 2 heterocycles. The summed E-state index contributed by atoms with van der Waals surface area (Å²) in [7, 11) is 4.77. The molecule has 4 aromatic rings. The fraction of sp³-hybridized carbons (Fsp3) is 0.261. The molecule has 8 heteroatoms. The predicted octanol–water partition coefficient (Wildman–Crippen LogP) is 4.43. The van der Waals surface area contributed by atoms with E-state index in [1.807, 2.05) is 49.4 Å². The summed E-state index contributed by atoms with van der Waals surface area (Å²) in [6.07, 6.45) is 0.780. The highest BCUT2D eigenvalue weighted by Crippen LogP contribution is 2.41. The third-order valence-corrected chi connectivity index (χ3v) is 5.11. The Morgan fingerprint density at radius 1 is 0.935 bits per heavy atom. The van der Waals surface area contributed by atoms with Gasteiger partial charge in [-0.3, -0.25) is 0 Å². The van der Waals surface area contributed by atoms with E-state index >= 15 is 0 Å². The summed E-state index contributed by atoms with van der Waals surface area (Å²) in [4.78, 5) is 9.32. The molecular weight excluding hydrogens is 394 g/mol. The van der Waals surface area contributed by atoms with E-state index in [9.17, 15) is 0 Å². The lowest BCUT2D eigenvalue weighted by atomic mass is 10.1. The number of hydrogen-bond acceptors (Lipinski definition) is 7. The number of aromatic nitrogens is 4. The van der Waals surface area contributed by atoms with Crippen LogP contribution in [0.1, 0.15) is 18.2 Å². The average Bonchev–Trinajstić information content (AvgIpc) is 3.23. The van der Waals surface area contributed by atoms with Crippen molar-refractivity contribution in [3.8, 4) is 28.6 Å². The van der Waals surface area contributed by atoms with Crippen LogP contribution in [-0.4, -0.2) is 40.9 Å². The lowest BCUT2D eigenvalue weighted by Gasteiger charge is -2.17. The highest BCUT2D eigenvalue weighted by atomic mass is 16.5. The Hall–Kier alpha value is -3.81. The van der Waals surface area contributed by atoms with Crippen molar-refractivity contribution in [1.82, 2.24) is 19.6 Å². The van der Waals surface area contributed by atoms with E-state index in [1.165, 1.54) is 0 Å². The summed E-state index contributed by atoms with van der Waals surface area (Å²) in [5, 5.41) is 8.22. The molecule has 160 valence electrons. The van der Waals surface area contributed by atoms with Gasteiger partial charge in [0.1, 0.15) is 5.82 Å². The first-order valence-corrected chi connectivity index (χ1v) is 9.98. The molecule has 2 aromatic carbocycles. The smallest absolute Gasteiger partial charge is 0.254 e. The Morgan fingerprint density at radius 3 is 2.19 bits per heavy atom. The number of ether oxygens (including phenoxy) is 3. The zero-order chi connectivity index (χ0) is 22.0. The molecule has 0 radical (unpaired) electrons. The number of aryl methyl sites for hydroxylation is 1. The summed E-state index contributed by atoms with van der Waals surface area (Å²) >= 11 is 0. The number of benzene rings is 2. The maximum absolute atomic E-state index is 5.49. The van der Waals surface area contributed by atoms with Crippen LogP contribution < -0.4 is 19.5 Å². The van der Waals surface area contributed by atoms with Crippen LogP contribution in [0.25, 0.3) is 17.2 Å². The molecule has 8 nitrogen and oxygen atoms in total. The van der Waals surface area contributed by atoms with Gasteiger partial charge in [0.25, 0.3) is 5.78 Å². The lowest BCUT2D eigenvalue weighted by molar-refractivity contribution is 0.324. The second-order valence-electron chi connectivity index (χ2n) is 6.93. The van der Waals surface area contributed by atoms with E-state index in [4.69, 9.17) is 19.3 Å². The molecule has 0 amide bonds. The minimum absolute atomic E-state index is 0.531. The third kappa shape index (κ3) is 3.72. The fourth-order valence-corrected chi connectivity index (χ4v) is 3.59. The van der Waals surface area contributed by atoms with Gasteiger partial charge < -0.3 is 19.5 Å². The quantitative estimate of drug-likeness (QED) is 0.474. The van der Waals surface area contributed by atoms with Gasteiger partial charge in [0, 0.05) is 34.6 Å². The Labute approximate surface area is 180 Å². The summed E-state index contributed by atoms with van der Waals surface area (Å²) < 4.78 is 18.2. The minimum Gasteiger partial charge on any atom is -0.493 e. The van der Waals surface area contributed by atoms with Gasteiger partial charge in [0.05, 0.1) is 21.3 Å². The van der Waals surface area contributed by atoms with Crippen molar-refractivity contribution >= 4 is 17.3 Å². The number of nitrogens with one attached hydrogen (secondary N) is 1. The van der Waals surface area contributed by atoms with E-state index in [2.05, 4.69) is 22.2 Å². The van der Waals surface area contributed by atoms with Crippen LogP contribution in [0.3, 0.4) is 0 Å². The predicted molar refractivity (Wildman–Crippen MR) is 120 cm³/mol. The zero-order valence-corrected chi connectivity index (χ0v) is 18.3. The summed E-state index contributed by atoms with van der Waals surface area (Å²) in [6, 6.07) is 13.6. The Balaban J connectivity index is 1.87. The number of anilines is 2. The summed E-state index contributed by atoms with van der Waals surface area (Å²) in [5.41, 5.74) is 3.65. The molecule has 0 aliphatic carbocycles. The van der Waals surface area contributed by atoms with Crippen LogP contribution in [0.4, 0.5) is 11.5 Å². The molecule has 1 N–H and O–H groups in total. The number of hydrogen-bond donors (Lipinski definition) is 1. The molecule has 0 aliphatic rings. The van der Waals surface area contributed by atoms with Crippen LogP contribution in [0.5, 0.6) is 17.2 Å². The first-order chi connectivity index (χ1) is 15.1. The maximum Gasteiger partial charge on any atom is 0.254 e. The highest BCUT2D eigenvalue weighted by Gasteiger charge is 2.19. The van der Waals surface area contributed by atoms with Gasteiger partial charge in [-0.25, -0.2) is 4.98 Å². The van der Waals surface area contributed by atoms with Crippen molar-refractivity contribution in [2.75, 3.05) is 26.6 Å². The molecule has 0 atom stereocenters. The van der Waals surface area contributed by atoms with Gasteiger partial charge in [-0.2, -0.15) is 9.50 Å². The Kier molecular flexibility index (Phi) is 5.62. The largest absolute Gasteiger partial charge is 0.493 e. The molecule has 4 rings (SSSR count). The van der Waals surface area contributed by atoms with Crippen molar-refractivity contribution in [2.24, 2.45) is 0 Å². The van der Waals surface area contributed by atoms with Gasteiger partial charge in [0.15, 0.2) is 17.3 Å². The molecule has 0 unspecified atom stereocenters. The van der Waals surface area contributed by atoms with E-state index in [1.54, 1.807) is 25.8 Å². The molecule has 0 bridgehead atoms. The highest BCUT2D eigenvalue weighted by molar-refractivity contribution is 5.70. The van der Waals surface area contributed by atoms with Gasteiger partial charge in [-0.05, 0) is 13.3 Å². The molecule has 0 saturated heterocycles. The van der Waals surface area contributed by atoms with Crippen molar-refractivity contribution in [1.29, 1.82) is 0 Å². The van der Waals surface area contributed by atoms with E-state index in [0.29, 0.717) is 28.9 Å². The van der Waals surface area contributed by atoms with Crippen LogP contribution in [-0.2, 0) is 6.42 Å². The number of fused-ring (bicyclic) bond motifs is 1. The van der Waals surface area contributed by atoms with Crippen molar-refractivity contribution in [2.45, 2.75) is 20.3 Å². The van der Waals surface area contributed by atoms with Crippen molar-refractivity contribution in [3.05, 3.63) is 53.7 Å². The van der Waals surface area contributed by atoms with Crippen LogP contribution in [0.15, 0.2) is 42.5 Å². The van der Waals surface area contributed by atoms with Crippen LogP contribution in [0, 0.1) is 6.92 Å². The van der Waals surface area contributed by atoms with E-state index < -0.39 is 0 Å². The minimum atomic E-state index is 0.531. The molecular formula is C23H25N5O3. The topological polar surface area (TPSA) is 82.8 Å². The van der Waals surface area contributed by atoms with Gasteiger partial charge in [-0.1, -0.05) is 37.3 Å². The Bertz CT molecular complexity index is 1200. The van der Waals surface area contributed by atoms with Crippen LogP contribution in [0.2, 0.25) is 0 Å². The monoisotopic (exact) mass is 419 g/mol. The standard InChI is InChI=1S/C23H25N5O3/c1-6-17-14(2)24-23-26-21(15-10-8-7-9-11-15)27-28(23)22(17)25-16-12-18(29-3)20(31-5)19(13-16)30-4/h7-13,25H,6H2,1-5H3. The molecule has 2 aromatic heterocycles. The normalized spacial score (nSPS) is 10.9. The molecule has 0 aliphatic heterocycles. The second-order valence-corrected chi connectivity index (χ2v) is 6.93. The first-order valence-electron chi connectivity index (χ1n) is 9.98. The van der Waals surface area contributed by atoms with Gasteiger partial charge in [-0.15, -0.1) is 5.10 Å². The molecule has 31 heavy (non-hydrogen) atoms. The van der Waals surface area contributed by atoms with E-state index in [0.717, 1.165) is 34.7 Å². The zero-order valence-electron chi connectivity index (χ0n) is 18.3. The summed E-state index contributed by atoms with van der Waals surface area (Å²) in [6.45, 7) is 4.07. The molecule has 0 fully saturated rings. The molecule has 0 saturated carbocycles. The van der Waals surface area contributed by atoms with Crippen molar-refractivity contribution < 1.29 is 14.2 Å². The van der Waals surface area contributed by atoms with Crippen molar-refractivity contribution in [3.63, 3.8) is 0 Å². The van der Waals surface area contributed by atoms with Gasteiger partial charge in [0.2, 0.25) is 5.75 Å². The average molecular weight is 419 g/mol. The second kappa shape index (κ2) is 8.51. The van der Waals surface area contributed by atoms with E-state index in [-0.39, 0.29) is 0 Å². The number of nitrogens with zero attached hydrogens (tertiary/aromatic N) is 4. The lowest BCUT2D eigenvalue weighted by Crippen LogP contribution is -2.08. The third-order valence-electron chi connectivity index (χ3n) is 5.11.